The van der Waals surface area contributed by atoms with Crippen LogP contribution in [0.3, 0.4) is 0 Å². The lowest BCUT2D eigenvalue weighted by Gasteiger charge is -2.08. The van der Waals surface area contributed by atoms with Crippen LogP contribution >= 0.6 is 0 Å². The Labute approximate surface area is 96.0 Å². The summed E-state index contributed by atoms with van der Waals surface area (Å²) in [6.07, 6.45) is -3.10. The quantitative estimate of drug-likeness (QED) is 0.768. The van der Waals surface area contributed by atoms with Crippen molar-refractivity contribution in [1.29, 1.82) is 0 Å². The molecule has 90 valence electrons. The first-order valence-corrected chi connectivity index (χ1v) is 4.77. The molecule has 0 saturated heterocycles. The Balaban J connectivity index is 2.95. The standard InChI is InChI=1S/C11H9F3N2O/c1-2-3-5-8-6-4-7-15-9(8)16-10(17)11(12,13)14/h4,6-7H,2H2,1H3,(H,15,16,17). The first-order chi connectivity index (χ1) is 7.95. The number of halogens is 3. The molecule has 0 fully saturated rings. The maximum atomic E-state index is 12.0. The van der Waals surface area contributed by atoms with Gasteiger partial charge in [-0.2, -0.15) is 13.2 Å². The zero-order chi connectivity index (χ0) is 12.9. The van der Waals surface area contributed by atoms with Gasteiger partial charge in [0.25, 0.3) is 0 Å². The molecule has 1 amide bonds. The number of nitrogens with one attached hydrogen (secondary N) is 1. The molecule has 0 aliphatic rings. The monoisotopic (exact) mass is 242 g/mol. The van der Waals surface area contributed by atoms with Gasteiger partial charge in [0.1, 0.15) is 5.82 Å². The average Bonchev–Trinajstić information content (AvgIpc) is 2.26. The lowest BCUT2D eigenvalue weighted by molar-refractivity contribution is -0.167. The summed E-state index contributed by atoms with van der Waals surface area (Å²) < 4.78 is 36.1. The molecular formula is C11H9F3N2O. The lowest BCUT2D eigenvalue weighted by atomic mass is 10.2. The fourth-order valence-corrected chi connectivity index (χ4v) is 0.968. The van der Waals surface area contributed by atoms with Gasteiger partial charge >= 0.3 is 12.1 Å². The zero-order valence-corrected chi connectivity index (χ0v) is 8.93. The van der Waals surface area contributed by atoms with Gasteiger partial charge in [-0.1, -0.05) is 18.8 Å². The number of carbonyl (C=O) groups is 1. The van der Waals surface area contributed by atoms with Gasteiger partial charge in [-0.05, 0) is 12.1 Å². The van der Waals surface area contributed by atoms with E-state index in [1.54, 1.807) is 12.2 Å². The van der Waals surface area contributed by atoms with Crippen LogP contribution in [0.25, 0.3) is 0 Å². The van der Waals surface area contributed by atoms with Crippen LogP contribution in [-0.2, 0) is 4.79 Å². The Morgan fingerprint density at radius 2 is 2.24 bits per heavy atom. The Kier molecular flexibility index (Phi) is 4.10. The minimum Gasteiger partial charge on any atom is -0.302 e. The van der Waals surface area contributed by atoms with Crippen LogP contribution in [0.1, 0.15) is 18.9 Å². The molecule has 0 aromatic carbocycles. The van der Waals surface area contributed by atoms with Gasteiger partial charge in [0, 0.05) is 12.6 Å². The van der Waals surface area contributed by atoms with Crippen molar-refractivity contribution < 1.29 is 18.0 Å². The second kappa shape index (κ2) is 5.34. The third kappa shape index (κ3) is 3.79. The molecule has 1 rings (SSSR count). The smallest absolute Gasteiger partial charge is 0.302 e. The second-order valence-electron chi connectivity index (χ2n) is 3.01. The number of amides is 1. The third-order valence-electron chi connectivity index (χ3n) is 1.70. The first-order valence-electron chi connectivity index (χ1n) is 4.77. The molecule has 0 aliphatic heterocycles. The highest BCUT2D eigenvalue weighted by Crippen LogP contribution is 2.18. The third-order valence-corrected chi connectivity index (χ3v) is 1.70. The number of alkyl halides is 3. The molecule has 1 heterocycles. The number of hydrogen-bond acceptors (Lipinski definition) is 2. The highest BCUT2D eigenvalue weighted by molar-refractivity contribution is 5.95. The van der Waals surface area contributed by atoms with Gasteiger partial charge in [-0.3, -0.25) is 4.79 Å². The molecule has 0 radical (unpaired) electrons. The molecule has 3 nitrogen and oxygen atoms in total. The average molecular weight is 242 g/mol. The summed E-state index contributed by atoms with van der Waals surface area (Å²) in [4.78, 5) is 14.4. The normalized spacial score (nSPS) is 10.4. The number of carbonyl (C=O) groups excluding carboxylic acids is 1. The van der Waals surface area contributed by atoms with E-state index in [0.29, 0.717) is 6.42 Å². The van der Waals surface area contributed by atoms with E-state index in [-0.39, 0.29) is 11.4 Å². The first kappa shape index (κ1) is 13.0. The molecule has 0 aliphatic carbocycles. The molecular weight excluding hydrogens is 233 g/mol. The van der Waals surface area contributed by atoms with Crippen molar-refractivity contribution in [3.8, 4) is 11.8 Å². The van der Waals surface area contributed by atoms with Gasteiger partial charge in [0.15, 0.2) is 0 Å². The van der Waals surface area contributed by atoms with Gasteiger partial charge < -0.3 is 5.32 Å². The van der Waals surface area contributed by atoms with E-state index >= 15 is 0 Å². The Morgan fingerprint density at radius 1 is 1.53 bits per heavy atom. The van der Waals surface area contributed by atoms with Gasteiger partial charge in [0.2, 0.25) is 0 Å². The lowest BCUT2D eigenvalue weighted by Crippen LogP contribution is -2.30. The Bertz CT molecular complexity index is 472. The number of nitrogens with zero attached hydrogens (tertiary/aromatic N) is 1. The van der Waals surface area contributed by atoms with Crippen molar-refractivity contribution in [1.82, 2.24) is 4.98 Å². The van der Waals surface area contributed by atoms with Gasteiger partial charge in [-0.25, -0.2) is 4.98 Å². The highest BCUT2D eigenvalue weighted by atomic mass is 19.4. The summed E-state index contributed by atoms with van der Waals surface area (Å²) in [5.41, 5.74) is 0.256. The fourth-order valence-electron chi connectivity index (χ4n) is 0.968. The van der Waals surface area contributed by atoms with Crippen molar-refractivity contribution in [2.24, 2.45) is 0 Å². The van der Waals surface area contributed by atoms with E-state index in [2.05, 4.69) is 16.8 Å². The number of aromatic nitrogens is 1. The van der Waals surface area contributed by atoms with E-state index < -0.39 is 12.1 Å². The van der Waals surface area contributed by atoms with Crippen LogP contribution in [0.15, 0.2) is 18.3 Å². The summed E-state index contributed by atoms with van der Waals surface area (Å²) in [6, 6.07) is 3.02. The van der Waals surface area contributed by atoms with E-state index in [4.69, 9.17) is 0 Å². The number of anilines is 1. The maximum absolute atomic E-state index is 12.0. The number of hydrogen-bond donors (Lipinski definition) is 1. The van der Waals surface area contributed by atoms with E-state index in [9.17, 15) is 18.0 Å². The molecule has 0 unspecified atom stereocenters. The maximum Gasteiger partial charge on any atom is 0.471 e. The molecule has 17 heavy (non-hydrogen) atoms. The van der Waals surface area contributed by atoms with Crippen LogP contribution in [0, 0.1) is 11.8 Å². The molecule has 0 spiro atoms. The molecule has 1 aromatic heterocycles. The van der Waals surface area contributed by atoms with Crippen molar-refractivity contribution in [3.63, 3.8) is 0 Å². The van der Waals surface area contributed by atoms with Crippen LogP contribution in [0.5, 0.6) is 0 Å². The molecule has 0 atom stereocenters. The van der Waals surface area contributed by atoms with E-state index in [0.717, 1.165) is 0 Å². The minimum atomic E-state index is -4.94. The molecule has 0 bridgehead atoms. The summed E-state index contributed by atoms with van der Waals surface area (Å²) in [5, 5.41) is 1.68. The molecule has 6 heteroatoms. The van der Waals surface area contributed by atoms with Crippen LogP contribution in [-0.4, -0.2) is 17.1 Å². The summed E-state index contributed by atoms with van der Waals surface area (Å²) >= 11 is 0. The highest BCUT2D eigenvalue weighted by Gasteiger charge is 2.39. The zero-order valence-electron chi connectivity index (χ0n) is 8.93. The topological polar surface area (TPSA) is 42.0 Å². The largest absolute Gasteiger partial charge is 0.471 e. The summed E-state index contributed by atoms with van der Waals surface area (Å²) in [6.45, 7) is 1.80. The van der Waals surface area contributed by atoms with Crippen molar-refractivity contribution in [2.75, 3.05) is 5.32 Å². The predicted octanol–water partition coefficient (Wildman–Crippen LogP) is 2.34. The fraction of sp³-hybridized carbons (Fsp3) is 0.273. The summed E-state index contributed by atoms with van der Waals surface area (Å²) in [7, 11) is 0. The van der Waals surface area contributed by atoms with Crippen molar-refractivity contribution in [2.45, 2.75) is 19.5 Å². The van der Waals surface area contributed by atoms with E-state index in [1.165, 1.54) is 18.3 Å². The minimum absolute atomic E-state index is 0.184. The Morgan fingerprint density at radius 3 is 2.82 bits per heavy atom. The molecule has 1 aromatic rings. The predicted molar refractivity (Wildman–Crippen MR) is 56.1 cm³/mol. The molecule has 0 saturated carbocycles. The second-order valence-corrected chi connectivity index (χ2v) is 3.01. The van der Waals surface area contributed by atoms with Crippen molar-refractivity contribution >= 4 is 11.7 Å². The van der Waals surface area contributed by atoms with Gasteiger partial charge in [-0.15, -0.1) is 0 Å². The molecule has 1 N–H and O–H groups in total. The van der Waals surface area contributed by atoms with Gasteiger partial charge in [0.05, 0.1) is 5.56 Å². The Hall–Kier alpha value is -2.03. The SMILES string of the molecule is CCC#Cc1cccnc1NC(=O)C(F)(F)F. The number of pyridine rings is 1. The van der Waals surface area contributed by atoms with Crippen LogP contribution < -0.4 is 5.32 Å². The van der Waals surface area contributed by atoms with Crippen LogP contribution in [0.2, 0.25) is 0 Å². The van der Waals surface area contributed by atoms with Crippen LogP contribution in [0.4, 0.5) is 19.0 Å². The summed E-state index contributed by atoms with van der Waals surface area (Å²) in [5.74, 6) is 3.08. The van der Waals surface area contributed by atoms with E-state index in [1.807, 2.05) is 0 Å². The van der Waals surface area contributed by atoms with Crippen molar-refractivity contribution in [3.05, 3.63) is 23.9 Å². The number of rotatable bonds is 1.